The second kappa shape index (κ2) is 4.97. The van der Waals surface area contributed by atoms with Crippen molar-refractivity contribution >= 4 is 11.9 Å². The Morgan fingerprint density at radius 3 is 2.41 bits per heavy atom. The molecule has 0 heterocycles. The van der Waals surface area contributed by atoms with Crippen LogP contribution in [0.1, 0.15) is 24.4 Å². The van der Waals surface area contributed by atoms with Crippen LogP contribution in [0.5, 0.6) is 0 Å². The highest BCUT2D eigenvalue weighted by atomic mass is 16.2. The summed E-state index contributed by atoms with van der Waals surface area (Å²) in [6.45, 7) is 0. The zero-order valence-corrected chi connectivity index (χ0v) is 9.35. The van der Waals surface area contributed by atoms with Crippen molar-refractivity contribution in [1.29, 1.82) is 0 Å². The van der Waals surface area contributed by atoms with Gasteiger partial charge in [0, 0.05) is 6.04 Å². The van der Waals surface area contributed by atoms with Crippen LogP contribution in [0.15, 0.2) is 30.3 Å². The summed E-state index contributed by atoms with van der Waals surface area (Å²) in [4.78, 5) is 22.6. The van der Waals surface area contributed by atoms with Gasteiger partial charge in [0.25, 0.3) is 0 Å². The summed E-state index contributed by atoms with van der Waals surface area (Å²) in [5.74, 6) is -0.407. The molecule has 1 atom stereocenters. The van der Waals surface area contributed by atoms with Gasteiger partial charge in [0.1, 0.15) is 6.04 Å². The van der Waals surface area contributed by atoms with E-state index >= 15 is 0 Å². The third-order valence-electron chi connectivity index (χ3n) is 2.62. The van der Waals surface area contributed by atoms with Crippen molar-refractivity contribution in [1.82, 2.24) is 10.6 Å². The summed E-state index contributed by atoms with van der Waals surface area (Å²) in [5.41, 5.74) is 5.79. The predicted molar refractivity (Wildman–Crippen MR) is 63.1 cm³/mol. The fourth-order valence-electron chi connectivity index (χ4n) is 1.65. The van der Waals surface area contributed by atoms with E-state index in [1.807, 2.05) is 30.3 Å². The van der Waals surface area contributed by atoms with Crippen molar-refractivity contribution in [3.05, 3.63) is 35.9 Å². The Hall–Kier alpha value is -1.88. The van der Waals surface area contributed by atoms with Gasteiger partial charge in [-0.25, -0.2) is 4.79 Å². The maximum atomic E-state index is 11.8. The van der Waals surface area contributed by atoms with Gasteiger partial charge in [-0.05, 0) is 18.4 Å². The number of nitrogens with one attached hydrogen (secondary N) is 2. The largest absolute Gasteiger partial charge is 0.351 e. The van der Waals surface area contributed by atoms with Crippen LogP contribution in [0.2, 0.25) is 0 Å². The third-order valence-corrected chi connectivity index (χ3v) is 2.62. The van der Waals surface area contributed by atoms with Gasteiger partial charge >= 0.3 is 6.03 Å². The van der Waals surface area contributed by atoms with Crippen molar-refractivity contribution in [2.45, 2.75) is 24.9 Å². The minimum Gasteiger partial charge on any atom is -0.351 e. The van der Waals surface area contributed by atoms with Crippen LogP contribution in [0.25, 0.3) is 0 Å². The van der Waals surface area contributed by atoms with Crippen molar-refractivity contribution in [3.63, 3.8) is 0 Å². The SMILES string of the molecule is NC(=O)NC(=O)[C@H](NC1CC1)c1ccccc1. The molecule has 90 valence electrons. The zero-order valence-electron chi connectivity index (χ0n) is 9.35. The van der Waals surface area contributed by atoms with Crippen molar-refractivity contribution in [2.24, 2.45) is 5.73 Å². The molecule has 0 bridgehead atoms. The summed E-state index contributed by atoms with van der Waals surface area (Å²) < 4.78 is 0. The molecule has 5 nitrogen and oxygen atoms in total. The quantitative estimate of drug-likeness (QED) is 0.714. The topological polar surface area (TPSA) is 84.2 Å². The van der Waals surface area contributed by atoms with Crippen LogP contribution in [0, 0.1) is 0 Å². The first kappa shape index (κ1) is 11.6. The Bertz CT molecular complexity index is 415. The van der Waals surface area contributed by atoms with E-state index in [1.165, 1.54) is 0 Å². The number of amides is 3. The lowest BCUT2D eigenvalue weighted by Crippen LogP contribution is -2.43. The number of benzene rings is 1. The number of hydrogen-bond donors (Lipinski definition) is 3. The normalized spacial score (nSPS) is 16.2. The highest BCUT2D eigenvalue weighted by Gasteiger charge is 2.29. The first-order chi connectivity index (χ1) is 8.16. The van der Waals surface area contributed by atoms with E-state index in [1.54, 1.807) is 0 Å². The number of nitrogens with two attached hydrogens (primary N) is 1. The summed E-state index contributed by atoms with van der Waals surface area (Å²) in [5, 5.41) is 5.30. The standard InChI is InChI=1S/C12H15N3O2/c13-12(17)15-11(16)10(14-9-6-7-9)8-4-2-1-3-5-8/h1-5,9-10,14H,6-7H2,(H3,13,15,16,17)/t10-/m1/s1. The summed E-state index contributed by atoms with van der Waals surface area (Å²) in [6.07, 6.45) is 2.13. The lowest BCUT2D eigenvalue weighted by atomic mass is 10.1. The van der Waals surface area contributed by atoms with Gasteiger partial charge in [-0.1, -0.05) is 30.3 Å². The van der Waals surface area contributed by atoms with Crippen LogP contribution in [0.4, 0.5) is 4.79 Å². The van der Waals surface area contributed by atoms with Crippen LogP contribution in [0.3, 0.4) is 0 Å². The summed E-state index contributed by atoms with van der Waals surface area (Å²) in [6, 6.07) is 8.30. The minimum absolute atomic E-state index is 0.360. The first-order valence-electron chi connectivity index (χ1n) is 5.58. The molecule has 1 aliphatic carbocycles. The Kier molecular flexibility index (Phi) is 3.39. The molecule has 0 aliphatic heterocycles. The molecule has 17 heavy (non-hydrogen) atoms. The van der Waals surface area contributed by atoms with Crippen molar-refractivity contribution < 1.29 is 9.59 Å². The molecule has 1 saturated carbocycles. The fraction of sp³-hybridized carbons (Fsp3) is 0.333. The second-order valence-electron chi connectivity index (χ2n) is 4.14. The van der Waals surface area contributed by atoms with Crippen molar-refractivity contribution in [3.8, 4) is 0 Å². The highest BCUT2D eigenvalue weighted by molar-refractivity contribution is 5.96. The van der Waals surface area contributed by atoms with Gasteiger partial charge in [-0.3, -0.25) is 15.4 Å². The van der Waals surface area contributed by atoms with E-state index in [0.717, 1.165) is 18.4 Å². The molecule has 0 radical (unpaired) electrons. The summed E-state index contributed by atoms with van der Waals surface area (Å²) >= 11 is 0. The number of imide groups is 1. The maximum Gasteiger partial charge on any atom is 0.318 e. The Balaban J connectivity index is 2.12. The number of carbonyl (C=O) groups is 2. The molecule has 0 aromatic heterocycles. The van der Waals surface area contributed by atoms with Gasteiger partial charge in [0.05, 0.1) is 0 Å². The van der Waals surface area contributed by atoms with E-state index in [4.69, 9.17) is 5.73 Å². The van der Waals surface area contributed by atoms with E-state index in [9.17, 15) is 9.59 Å². The first-order valence-corrected chi connectivity index (χ1v) is 5.58. The maximum absolute atomic E-state index is 11.8. The van der Waals surface area contributed by atoms with Gasteiger partial charge < -0.3 is 5.73 Å². The van der Waals surface area contributed by atoms with E-state index in [2.05, 4.69) is 10.6 Å². The monoisotopic (exact) mass is 233 g/mol. The van der Waals surface area contributed by atoms with Gasteiger partial charge in [0.2, 0.25) is 5.91 Å². The smallest absolute Gasteiger partial charge is 0.318 e. The molecular formula is C12H15N3O2. The molecule has 1 aromatic carbocycles. The Labute approximate surface area is 99.4 Å². The van der Waals surface area contributed by atoms with Crippen LogP contribution in [-0.4, -0.2) is 18.0 Å². The average molecular weight is 233 g/mol. The molecule has 0 saturated heterocycles. The van der Waals surface area contributed by atoms with Gasteiger partial charge in [-0.2, -0.15) is 0 Å². The van der Waals surface area contributed by atoms with Crippen LogP contribution < -0.4 is 16.4 Å². The second-order valence-corrected chi connectivity index (χ2v) is 4.14. The lowest BCUT2D eigenvalue weighted by Gasteiger charge is -2.17. The summed E-state index contributed by atoms with van der Waals surface area (Å²) in [7, 11) is 0. The zero-order chi connectivity index (χ0) is 12.3. The van der Waals surface area contributed by atoms with Gasteiger partial charge in [-0.15, -0.1) is 0 Å². The number of rotatable bonds is 4. The highest BCUT2D eigenvalue weighted by Crippen LogP contribution is 2.24. The molecule has 2 rings (SSSR count). The minimum atomic E-state index is -0.825. The molecule has 0 unspecified atom stereocenters. The number of urea groups is 1. The molecule has 1 fully saturated rings. The molecule has 4 N–H and O–H groups in total. The lowest BCUT2D eigenvalue weighted by molar-refractivity contribution is -0.122. The van der Waals surface area contributed by atoms with Gasteiger partial charge in [0.15, 0.2) is 0 Å². The van der Waals surface area contributed by atoms with Crippen LogP contribution >= 0.6 is 0 Å². The molecule has 1 aliphatic rings. The molecular weight excluding hydrogens is 218 g/mol. The molecule has 0 spiro atoms. The number of primary amides is 1. The average Bonchev–Trinajstić information content (AvgIpc) is 3.10. The molecule has 1 aromatic rings. The van der Waals surface area contributed by atoms with Crippen molar-refractivity contribution in [2.75, 3.05) is 0 Å². The van der Waals surface area contributed by atoms with E-state index in [-0.39, 0.29) is 0 Å². The molecule has 3 amide bonds. The Morgan fingerprint density at radius 1 is 1.24 bits per heavy atom. The van der Waals surface area contributed by atoms with E-state index in [0.29, 0.717) is 6.04 Å². The third kappa shape index (κ3) is 3.29. The molecule has 5 heteroatoms. The number of carbonyl (C=O) groups excluding carboxylic acids is 2. The fourth-order valence-corrected chi connectivity index (χ4v) is 1.65. The number of hydrogen-bond acceptors (Lipinski definition) is 3. The Morgan fingerprint density at radius 2 is 1.88 bits per heavy atom. The predicted octanol–water partition coefficient (Wildman–Crippen LogP) is 0.675. The van der Waals surface area contributed by atoms with E-state index < -0.39 is 18.0 Å². The van der Waals surface area contributed by atoms with Crippen LogP contribution in [-0.2, 0) is 4.79 Å².